The van der Waals surface area contributed by atoms with Crippen LogP contribution in [0.2, 0.25) is 5.02 Å². The molecule has 0 unspecified atom stereocenters. The van der Waals surface area contributed by atoms with Gasteiger partial charge in [-0.15, -0.1) is 11.3 Å². The molecule has 2 amide bonds. The number of para-hydroxylation sites is 1. The lowest BCUT2D eigenvalue weighted by Crippen LogP contribution is -2.30. The predicted octanol–water partition coefficient (Wildman–Crippen LogP) is 4.92. The summed E-state index contributed by atoms with van der Waals surface area (Å²) in [5.41, 5.74) is 2.62. The Kier molecular flexibility index (Phi) is 4.50. The monoisotopic (exact) mass is 345 g/mol. The zero-order valence-electron chi connectivity index (χ0n) is 12.8. The number of anilines is 1. The molecule has 23 heavy (non-hydrogen) atoms. The van der Waals surface area contributed by atoms with Gasteiger partial charge in [0, 0.05) is 7.05 Å². The van der Waals surface area contributed by atoms with Crippen molar-refractivity contribution in [3.63, 3.8) is 0 Å². The van der Waals surface area contributed by atoms with Crippen LogP contribution in [0.1, 0.15) is 10.6 Å². The van der Waals surface area contributed by atoms with Gasteiger partial charge in [0.15, 0.2) is 0 Å². The topological polar surface area (TPSA) is 45.2 Å². The van der Waals surface area contributed by atoms with Crippen molar-refractivity contribution in [2.45, 2.75) is 13.5 Å². The molecule has 0 saturated heterocycles. The molecule has 3 aromatic rings. The molecule has 4 nitrogen and oxygen atoms in total. The summed E-state index contributed by atoms with van der Waals surface area (Å²) in [7, 11) is 1.74. The summed E-state index contributed by atoms with van der Waals surface area (Å²) >= 11 is 7.74. The zero-order valence-corrected chi connectivity index (χ0v) is 14.4. The van der Waals surface area contributed by atoms with Crippen molar-refractivity contribution in [3.8, 4) is 0 Å². The highest BCUT2D eigenvalue weighted by Gasteiger charge is 2.13. The number of carbonyl (C=O) groups excluding carboxylic acids is 1. The minimum absolute atomic E-state index is 0.213. The normalized spacial score (nSPS) is 10.7. The standard InChI is InChI=1S/C17H16ClN3OS/c1-11-7-8-13(12(18)9-11)20-17(22)21(2)10-16-19-14-5-3-4-6-15(14)23-16/h3-9H,10H2,1-2H3,(H,20,22). The number of benzene rings is 2. The van der Waals surface area contributed by atoms with Crippen molar-refractivity contribution in [1.29, 1.82) is 0 Å². The van der Waals surface area contributed by atoms with Crippen molar-refractivity contribution < 1.29 is 4.79 Å². The van der Waals surface area contributed by atoms with Crippen LogP contribution in [0, 0.1) is 6.92 Å². The molecule has 1 heterocycles. The van der Waals surface area contributed by atoms with Crippen molar-refractivity contribution in [2.24, 2.45) is 0 Å². The first kappa shape index (κ1) is 15.8. The summed E-state index contributed by atoms with van der Waals surface area (Å²) in [6.07, 6.45) is 0. The van der Waals surface area contributed by atoms with Crippen molar-refractivity contribution >= 4 is 44.9 Å². The maximum atomic E-state index is 12.3. The highest BCUT2D eigenvalue weighted by molar-refractivity contribution is 7.18. The molecular formula is C17H16ClN3OS. The zero-order chi connectivity index (χ0) is 16.4. The Balaban J connectivity index is 1.69. The van der Waals surface area contributed by atoms with Crippen LogP contribution in [0.5, 0.6) is 0 Å². The molecule has 0 aliphatic carbocycles. The number of halogens is 1. The molecule has 0 spiro atoms. The summed E-state index contributed by atoms with van der Waals surface area (Å²) < 4.78 is 1.12. The SMILES string of the molecule is Cc1ccc(NC(=O)N(C)Cc2nc3ccccc3s2)c(Cl)c1. The maximum Gasteiger partial charge on any atom is 0.322 e. The van der Waals surface area contributed by atoms with Gasteiger partial charge in [-0.1, -0.05) is 29.8 Å². The second kappa shape index (κ2) is 6.56. The van der Waals surface area contributed by atoms with E-state index in [0.717, 1.165) is 20.8 Å². The van der Waals surface area contributed by atoms with Crippen molar-refractivity contribution in [3.05, 3.63) is 58.1 Å². The number of aryl methyl sites for hydroxylation is 1. The number of thiazole rings is 1. The summed E-state index contributed by atoms with van der Waals surface area (Å²) in [6.45, 7) is 2.41. The van der Waals surface area contributed by atoms with E-state index in [4.69, 9.17) is 11.6 Å². The minimum Gasteiger partial charge on any atom is -0.321 e. The van der Waals surface area contributed by atoms with E-state index in [1.54, 1.807) is 29.4 Å². The molecule has 0 saturated carbocycles. The van der Waals surface area contributed by atoms with Crippen LogP contribution in [0.25, 0.3) is 10.2 Å². The lowest BCUT2D eigenvalue weighted by Gasteiger charge is -2.17. The van der Waals surface area contributed by atoms with Crippen LogP contribution >= 0.6 is 22.9 Å². The van der Waals surface area contributed by atoms with Gasteiger partial charge in [0.1, 0.15) is 5.01 Å². The lowest BCUT2D eigenvalue weighted by atomic mass is 10.2. The Morgan fingerprint density at radius 3 is 2.83 bits per heavy atom. The van der Waals surface area contributed by atoms with Gasteiger partial charge in [0.05, 0.1) is 27.5 Å². The van der Waals surface area contributed by atoms with E-state index >= 15 is 0 Å². The number of urea groups is 1. The van der Waals surface area contributed by atoms with Crippen LogP contribution in [0.3, 0.4) is 0 Å². The first-order valence-corrected chi connectivity index (χ1v) is 8.35. The lowest BCUT2D eigenvalue weighted by molar-refractivity contribution is 0.220. The molecular weight excluding hydrogens is 330 g/mol. The molecule has 0 fully saturated rings. The van der Waals surface area contributed by atoms with E-state index in [-0.39, 0.29) is 6.03 Å². The number of rotatable bonds is 3. The van der Waals surface area contributed by atoms with Gasteiger partial charge in [-0.2, -0.15) is 0 Å². The average Bonchev–Trinajstić information content (AvgIpc) is 2.92. The predicted molar refractivity (Wildman–Crippen MR) is 96.3 cm³/mol. The molecule has 3 rings (SSSR count). The van der Waals surface area contributed by atoms with E-state index < -0.39 is 0 Å². The summed E-state index contributed by atoms with van der Waals surface area (Å²) in [5, 5.41) is 4.26. The van der Waals surface area contributed by atoms with E-state index in [1.807, 2.05) is 43.3 Å². The third-order valence-electron chi connectivity index (χ3n) is 3.42. The van der Waals surface area contributed by atoms with E-state index in [0.29, 0.717) is 17.3 Å². The highest BCUT2D eigenvalue weighted by Crippen LogP contribution is 2.24. The van der Waals surface area contributed by atoms with Gasteiger partial charge in [0.25, 0.3) is 0 Å². The molecule has 1 aromatic heterocycles. The number of nitrogens with zero attached hydrogens (tertiary/aromatic N) is 2. The number of fused-ring (bicyclic) bond motifs is 1. The van der Waals surface area contributed by atoms with Gasteiger partial charge in [-0.3, -0.25) is 0 Å². The van der Waals surface area contributed by atoms with Gasteiger partial charge in [0.2, 0.25) is 0 Å². The fourth-order valence-corrected chi connectivity index (χ4v) is 3.50. The molecule has 2 aromatic carbocycles. The van der Waals surface area contributed by atoms with E-state index in [9.17, 15) is 4.79 Å². The van der Waals surface area contributed by atoms with E-state index in [1.165, 1.54) is 0 Å². The fourth-order valence-electron chi connectivity index (χ4n) is 2.19. The maximum absolute atomic E-state index is 12.3. The largest absolute Gasteiger partial charge is 0.322 e. The molecule has 0 aliphatic rings. The molecule has 0 bridgehead atoms. The first-order chi connectivity index (χ1) is 11.0. The van der Waals surface area contributed by atoms with E-state index in [2.05, 4.69) is 10.3 Å². The Morgan fingerprint density at radius 2 is 2.09 bits per heavy atom. The highest BCUT2D eigenvalue weighted by atomic mass is 35.5. The second-order valence-corrected chi connectivity index (χ2v) is 6.87. The second-order valence-electron chi connectivity index (χ2n) is 5.34. The Bertz CT molecular complexity index is 829. The van der Waals surface area contributed by atoms with Gasteiger partial charge >= 0.3 is 6.03 Å². The quantitative estimate of drug-likeness (QED) is 0.732. The third kappa shape index (κ3) is 3.63. The van der Waals surface area contributed by atoms with Gasteiger partial charge in [-0.05, 0) is 36.8 Å². The van der Waals surface area contributed by atoms with Crippen LogP contribution in [-0.4, -0.2) is 23.0 Å². The first-order valence-electron chi connectivity index (χ1n) is 7.15. The number of hydrogen-bond donors (Lipinski definition) is 1. The Labute approximate surface area is 143 Å². The van der Waals surface area contributed by atoms with Crippen LogP contribution < -0.4 is 5.32 Å². The van der Waals surface area contributed by atoms with Gasteiger partial charge in [-0.25, -0.2) is 9.78 Å². The molecule has 1 N–H and O–H groups in total. The summed E-state index contributed by atoms with van der Waals surface area (Å²) in [5.74, 6) is 0. The minimum atomic E-state index is -0.213. The molecule has 0 atom stereocenters. The van der Waals surface area contributed by atoms with Crippen LogP contribution in [0.15, 0.2) is 42.5 Å². The van der Waals surface area contributed by atoms with Crippen LogP contribution in [0.4, 0.5) is 10.5 Å². The summed E-state index contributed by atoms with van der Waals surface area (Å²) in [4.78, 5) is 18.4. The Morgan fingerprint density at radius 1 is 1.30 bits per heavy atom. The van der Waals surface area contributed by atoms with Crippen LogP contribution in [-0.2, 0) is 6.54 Å². The number of nitrogens with one attached hydrogen (secondary N) is 1. The molecule has 6 heteroatoms. The third-order valence-corrected chi connectivity index (χ3v) is 4.76. The number of carbonyl (C=O) groups is 1. The number of amides is 2. The van der Waals surface area contributed by atoms with Crippen molar-refractivity contribution in [1.82, 2.24) is 9.88 Å². The smallest absolute Gasteiger partial charge is 0.321 e. The fraction of sp³-hybridized carbons (Fsp3) is 0.176. The summed E-state index contributed by atoms with van der Waals surface area (Å²) in [6, 6.07) is 13.3. The molecule has 0 radical (unpaired) electrons. The van der Waals surface area contributed by atoms with Crippen molar-refractivity contribution in [2.75, 3.05) is 12.4 Å². The average molecular weight is 346 g/mol. The Hall–Kier alpha value is -2.11. The number of aromatic nitrogens is 1. The molecule has 0 aliphatic heterocycles. The molecule has 118 valence electrons. The number of hydrogen-bond acceptors (Lipinski definition) is 3. The van der Waals surface area contributed by atoms with Gasteiger partial charge < -0.3 is 10.2 Å².